The maximum atomic E-state index is 12.5. The lowest BCUT2D eigenvalue weighted by molar-refractivity contribution is 0.0303. The van der Waals surface area contributed by atoms with Crippen molar-refractivity contribution in [2.45, 2.75) is 6.92 Å². The fraction of sp³-hybridized carbons (Fsp3) is 0.278. The van der Waals surface area contributed by atoms with Crippen LogP contribution in [0.25, 0.3) is 0 Å². The van der Waals surface area contributed by atoms with Crippen LogP contribution in [0.15, 0.2) is 36.5 Å². The summed E-state index contributed by atoms with van der Waals surface area (Å²) in [4.78, 5) is 30.8. The van der Waals surface area contributed by atoms with Gasteiger partial charge in [0.05, 0.1) is 13.2 Å². The third kappa shape index (κ3) is 3.97. The molecule has 2 amide bonds. The molecule has 7 heteroatoms. The molecule has 0 unspecified atom stereocenters. The van der Waals surface area contributed by atoms with Gasteiger partial charge in [0, 0.05) is 35.6 Å². The Labute approximate surface area is 150 Å². The predicted octanol–water partition coefficient (Wildman–Crippen LogP) is 2.77. The minimum Gasteiger partial charge on any atom is -0.378 e. The molecule has 1 aromatic heterocycles. The van der Waals surface area contributed by atoms with Crippen molar-refractivity contribution >= 4 is 29.1 Å². The Balaban J connectivity index is 1.77. The van der Waals surface area contributed by atoms with Gasteiger partial charge in [-0.05, 0) is 36.8 Å². The van der Waals surface area contributed by atoms with E-state index in [4.69, 9.17) is 16.3 Å². The van der Waals surface area contributed by atoms with Gasteiger partial charge in [0.1, 0.15) is 5.69 Å². The van der Waals surface area contributed by atoms with Crippen LogP contribution in [0.5, 0.6) is 0 Å². The van der Waals surface area contributed by atoms with Gasteiger partial charge in [-0.25, -0.2) is 0 Å². The average Bonchev–Trinajstić information content (AvgIpc) is 2.65. The number of nitrogens with zero attached hydrogens (tertiary/aromatic N) is 2. The molecular formula is C18H18ClN3O3. The Bertz CT molecular complexity index is 804. The monoisotopic (exact) mass is 359 g/mol. The number of carbonyl (C=O) groups is 2. The van der Waals surface area contributed by atoms with E-state index in [1.165, 1.54) is 12.3 Å². The zero-order valence-corrected chi connectivity index (χ0v) is 14.5. The molecule has 25 heavy (non-hydrogen) atoms. The summed E-state index contributed by atoms with van der Waals surface area (Å²) in [7, 11) is 0. The highest BCUT2D eigenvalue weighted by Crippen LogP contribution is 2.23. The van der Waals surface area contributed by atoms with E-state index in [0.717, 1.165) is 5.56 Å². The van der Waals surface area contributed by atoms with Gasteiger partial charge in [-0.1, -0.05) is 17.7 Å². The maximum Gasteiger partial charge on any atom is 0.274 e. The van der Waals surface area contributed by atoms with Gasteiger partial charge in [0.15, 0.2) is 0 Å². The van der Waals surface area contributed by atoms with Gasteiger partial charge in [0.2, 0.25) is 0 Å². The summed E-state index contributed by atoms with van der Waals surface area (Å²) in [6.45, 7) is 3.97. The van der Waals surface area contributed by atoms with Crippen LogP contribution in [0.3, 0.4) is 0 Å². The lowest BCUT2D eigenvalue weighted by Gasteiger charge is -2.26. The minimum atomic E-state index is -0.387. The summed E-state index contributed by atoms with van der Waals surface area (Å²) in [5, 5.41) is 3.35. The average molecular weight is 360 g/mol. The lowest BCUT2D eigenvalue weighted by atomic mass is 10.1. The first-order valence-corrected chi connectivity index (χ1v) is 8.33. The molecule has 1 fully saturated rings. The number of carbonyl (C=O) groups excluding carboxylic acids is 2. The number of benzene rings is 1. The van der Waals surface area contributed by atoms with Gasteiger partial charge in [-0.15, -0.1) is 0 Å². The second kappa shape index (κ2) is 7.63. The highest BCUT2D eigenvalue weighted by Gasteiger charge is 2.20. The van der Waals surface area contributed by atoms with Crippen LogP contribution >= 0.6 is 11.6 Å². The highest BCUT2D eigenvalue weighted by molar-refractivity contribution is 6.31. The van der Waals surface area contributed by atoms with Crippen LogP contribution in [0, 0.1) is 6.92 Å². The molecule has 1 aromatic carbocycles. The topological polar surface area (TPSA) is 71.5 Å². The number of amides is 2. The summed E-state index contributed by atoms with van der Waals surface area (Å²) in [6, 6.07) is 8.40. The second-order valence-corrected chi connectivity index (χ2v) is 6.11. The zero-order chi connectivity index (χ0) is 17.8. The molecule has 0 radical (unpaired) electrons. The molecule has 0 bridgehead atoms. The van der Waals surface area contributed by atoms with E-state index >= 15 is 0 Å². The molecule has 2 aromatic rings. The van der Waals surface area contributed by atoms with Crippen molar-refractivity contribution in [3.05, 3.63) is 58.4 Å². The fourth-order valence-electron chi connectivity index (χ4n) is 2.57. The van der Waals surface area contributed by atoms with Crippen molar-refractivity contribution in [3.63, 3.8) is 0 Å². The van der Waals surface area contributed by atoms with E-state index in [9.17, 15) is 9.59 Å². The van der Waals surface area contributed by atoms with E-state index in [2.05, 4.69) is 10.3 Å². The largest absolute Gasteiger partial charge is 0.378 e. The molecule has 3 rings (SSSR count). The summed E-state index contributed by atoms with van der Waals surface area (Å²) in [5.74, 6) is -0.513. The van der Waals surface area contributed by atoms with Crippen molar-refractivity contribution in [2.75, 3.05) is 31.6 Å². The molecule has 1 N–H and O–H groups in total. The van der Waals surface area contributed by atoms with Crippen molar-refractivity contribution < 1.29 is 14.3 Å². The first-order chi connectivity index (χ1) is 12.1. The summed E-state index contributed by atoms with van der Waals surface area (Å²) in [5.41, 5.74) is 2.01. The number of ether oxygens (including phenoxy) is 1. The Kier molecular flexibility index (Phi) is 5.31. The third-order valence-electron chi connectivity index (χ3n) is 4.05. The molecule has 1 aliphatic rings. The number of pyridine rings is 1. The molecule has 2 heterocycles. The smallest absolute Gasteiger partial charge is 0.274 e. The van der Waals surface area contributed by atoms with E-state index in [1.807, 2.05) is 6.92 Å². The number of hydrogen-bond donors (Lipinski definition) is 1. The predicted molar refractivity (Wildman–Crippen MR) is 95.1 cm³/mol. The molecule has 0 aliphatic carbocycles. The van der Waals surface area contributed by atoms with Crippen LogP contribution in [0.4, 0.5) is 5.69 Å². The molecule has 6 nitrogen and oxygen atoms in total. The third-order valence-corrected chi connectivity index (χ3v) is 4.46. The summed E-state index contributed by atoms with van der Waals surface area (Å²) < 4.78 is 5.25. The number of halogens is 1. The maximum absolute atomic E-state index is 12.5. The molecule has 130 valence electrons. The quantitative estimate of drug-likeness (QED) is 0.914. The van der Waals surface area contributed by atoms with Crippen molar-refractivity contribution in [1.82, 2.24) is 9.88 Å². The van der Waals surface area contributed by atoms with Crippen molar-refractivity contribution in [1.29, 1.82) is 0 Å². The van der Waals surface area contributed by atoms with Gasteiger partial charge in [-0.3, -0.25) is 14.6 Å². The molecule has 1 aliphatic heterocycles. The van der Waals surface area contributed by atoms with Crippen LogP contribution in [0.1, 0.15) is 26.4 Å². The van der Waals surface area contributed by atoms with Crippen molar-refractivity contribution in [3.8, 4) is 0 Å². The molecule has 1 saturated heterocycles. The molecule has 0 atom stereocenters. The Morgan fingerprint density at radius 1 is 1.24 bits per heavy atom. The second-order valence-electron chi connectivity index (χ2n) is 5.70. The number of nitrogens with one attached hydrogen (secondary N) is 1. The first kappa shape index (κ1) is 17.4. The number of aromatic nitrogens is 1. The SMILES string of the molecule is Cc1c(Cl)cccc1NC(=O)c1cc(C(=O)N2CCOCC2)ccn1. The highest BCUT2D eigenvalue weighted by atomic mass is 35.5. The lowest BCUT2D eigenvalue weighted by Crippen LogP contribution is -2.40. The minimum absolute atomic E-state index is 0.126. The standard InChI is InChI=1S/C18H18ClN3O3/c1-12-14(19)3-2-4-15(12)21-17(23)16-11-13(5-6-20-16)18(24)22-7-9-25-10-8-22/h2-6,11H,7-10H2,1H3,(H,21,23). The molecular weight excluding hydrogens is 342 g/mol. The molecule has 0 saturated carbocycles. The Morgan fingerprint density at radius 3 is 2.76 bits per heavy atom. The number of rotatable bonds is 3. The van der Waals surface area contributed by atoms with E-state index in [1.54, 1.807) is 29.2 Å². The first-order valence-electron chi connectivity index (χ1n) is 7.96. The van der Waals surface area contributed by atoms with Gasteiger partial charge < -0.3 is 15.0 Å². The van der Waals surface area contributed by atoms with Crippen LogP contribution in [-0.2, 0) is 4.74 Å². The summed E-state index contributed by atoms with van der Waals surface area (Å²) >= 11 is 6.07. The number of hydrogen-bond acceptors (Lipinski definition) is 4. The number of anilines is 1. The van der Waals surface area contributed by atoms with Crippen LogP contribution in [-0.4, -0.2) is 48.0 Å². The summed E-state index contributed by atoms with van der Waals surface area (Å²) in [6.07, 6.45) is 1.47. The zero-order valence-electron chi connectivity index (χ0n) is 13.8. The van der Waals surface area contributed by atoms with Crippen LogP contribution in [0.2, 0.25) is 5.02 Å². The van der Waals surface area contributed by atoms with Gasteiger partial charge in [-0.2, -0.15) is 0 Å². The van der Waals surface area contributed by atoms with Gasteiger partial charge >= 0.3 is 0 Å². The van der Waals surface area contributed by atoms with E-state index < -0.39 is 0 Å². The van der Waals surface area contributed by atoms with Crippen LogP contribution < -0.4 is 5.32 Å². The Morgan fingerprint density at radius 2 is 2.00 bits per heavy atom. The van der Waals surface area contributed by atoms with Crippen molar-refractivity contribution in [2.24, 2.45) is 0 Å². The van der Waals surface area contributed by atoms with Gasteiger partial charge in [0.25, 0.3) is 11.8 Å². The normalized spacial score (nSPS) is 14.2. The molecule has 0 spiro atoms. The van der Waals surface area contributed by atoms with E-state index in [-0.39, 0.29) is 17.5 Å². The fourth-order valence-corrected chi connectivity index (χ4v) is 2.74. The number of morpholine rings is 1. The Hall–Kier alpha value is -2.44. The van der Waals surface area contributed by atoms with E-state index in [0.29, 0.717) is 42.6 Å².